The average molecular weight is 271 g/mol. The van der Waals surface area contributed by atoms with Crippen molar-refractivity contribution < 1.29 is 4.74 Å². The zero-order valence-corrected chi connectivity index (χ0v) is 12.2. The van der Waals surface area contributed by atoms with Gasteiger partial charge in [-0.2, -0.15) is 0 Å². The van der Waals surface area contributed by atoms with Crippen LogP contribution in [0.4, 0.5) is 11.5 Å². The number of rotatable bonds is 5. The van der Waals surface area contributed by atoms with Crippen LogP contribution in [0.25, 0.3) is 0 Å². The monoisotopic (exact) mass is 271 g/mol. The van der Waals surface area contributed by atoms with Crippen LogP contribution in [-0.4, -0.2) is 25.2 Å². The number of hydrogen-bond acceptors (Lipinski definition) is 4. The summed E-state index contributed by atoms with van der Waals surface area (Å²) in [7, 11) is 3.67. The van der Waals surface area contributed by atoms with Crippen molar-refractivity contribution in [1.29, 1.82) is 0 Å². The first-order chi connectivity index (χ1) is 9.61. The van der Waals surface area contributed by atoms with Crippen molar-refractivity contribution in [3.63, 3.8) is 0 Å². The largest absolute Gasteiger partial charge is 0.497 e. The lowest BCUT2D eigenvalue weighted by atomic mass is 10.1. The van der Waals surface area contributed by atoms with Crippen LogP contribution in [0.2, 0.25) is 0 Å². The standard InChI is InChI=1S/C16H21N3O/c1-12(17)11-13-5-4-10-18-16(13)19(2)14-6-8-15(20-3)9-7-14/h4-10,12H,11,17H2,1-3H3. The lowest BCUT2D eigenvalue weighted by Gasteiger charge is -2.22. The number of nitrogens with zero attached hydrogens (tertiary/aromatic N) is 2. The summed E-state index contributed by atoms with van der Waals surface area (Å²) in [5, 5.41) is 0. The fourth-order valence-electron chi connectivity index (χ4n) is 2.17. The zero-order valence-electron chi connectivity index (χ0n) is 12.2. The molecule has 0 bridgehead atoms. The molecule has 4 heteroatoms. The number of nitrogens with two attached hydrogens (primary N) is 1. The molecule has 0 saturated carbocycles. The number of aromatic nitrogens is 1. The van der Waals surface area contributed by atoms with Crippen LogP contribution in [0, 0.1) is 0 Å². The van der Waals surface area contributed by atoms with Gasteiger partial charge in [-0.25, -0.2) is 4.98 Å². The molecule has 4 nitrogen and oxygen atoms in total. The summed E-state index contributed by atoms with van der Waals surface area (Å²) < 4.78 is 5.18. The Morgan fingerprint density at radius 2 is 1.95 bits per heavy atom. The van der Waals surface area contributed by atoms with Gasteiger partial charge in [-0.1, -0.05) is 6.07 Å². The van der Waals surface area contributed by atoms with Gasteiger partial charge in [-0.15, -0.1) is 0 Å². The fourth-order valence-corrected chi connectivity index (χ4v) is 2.17. The van der Waals surface area contributed by atoms with Gasteiger partial charge in [-0.05, 0) is 49.2 Å². The molecule has 0 radical (unpaired) electrons. The maximum Gasteiger partial charge on any atom is 0.135 e. The van der Waals surface area contributed by atoms with Gasteiger partial charge in [0.2, 0.25) is 0 Å². The van der Waals surface area contributed by atoms with E-state index in [0.29, 0.717) is 0 Å². The average Bonchev–Trinajstić information content (AvgIpc) is 2.46. The zero-order chi connectivity index (χ0) is 14.5. The summed E-state index contributed by atoms with van der Waals surface area (Å²) >= 11 is 0. The van der Waals surface area contributed by atoms with E-state index in [9.17, 15) is 0 Å². The molecule has 0 aliphatic heterocycles. The second-order valence-electron chi connectivity index (χ2n) is 4.92. The Bertz CT molecular complexity index is 552. The minimum atomic E-state index is 0.113. The Hall–Kier alpha value is -2.07. The Morgan fingerprint density at radius 3 is 2.55 bits per heavy atom. The molecule has 1 heterocycles. The summed E-state index contributed by atoms with van der Waals surface area (Å²) in [6, 6.07) is 12.1. The minimum Gasteiger partial charge on any atom is -0.497 e. The third-order valence-electron chi connectivity index (χ3n) is 3.19. The molecule has 2 N–H and O–H groups in total. The van der Waals surface area contributed by atoms with E-state index in [-0.39, 0.29) is 6.04 Å². The number of ether oxygens (including phenoxy) is 1. The molecule has 1 atom stereocenters. The van der Waals surface area contributed by atoms with E-state index >= 15 is 0 Å². The lowest BCUT2D eigenvalue weighted by molar-refractivity contribution is 0.415. The number of anilines is 2. The number of benzene rings is 1. The molecule has 1 aromatic heterocycles. The molecule has 1 aromatic carbocycles. The molecule has 0 saturated heterocycles. The Morgan fingerprint density at radius 1 is 1.25 bits per heavy atom. The van der Waals surface area contributed by atoms with Gasteiger partial charge in [0.15, 0.2) is 0 Å². The van der Waals surface area contributed by atoms with Crippen molar-refractivity contribution in [2.45, 2.75) is 19.4 Å². The van der Waals surface area contributed by atoms with E-state index in [2.05, 4.69) is 16.0 Å². The Balaban J connectivity index is 2.29. The summed E-state index contributed by atoms with van der Waals surface area (Å²) in [5.41, 5.74) is 8.13. The van der Waals surface area contributed by atoms with Crippen molar-refractivity contribution in [2.24, 2.45) is 5.73 Å². The van der Waals surface area contributed by atoms with Crippen molar-refractivity contribution in [1.82, 2.24) is 4.98 Å². The molecule has 0 fully saturated rings. The van der Waals surface area contributed by atoms with E-state index < -0.39 is 0 Å². The maximum atomic E-state index is 5.91. The highest BCUT2D eigenvalue weighted by molar-refractivity contribution is 5.62. The van der Waals surface area contributed by atoms with Crippen molar-refractivity contribution in [3.05, 3.63) is 48.2 Å². The van der Waals surface area contributed by atoms with Gasteiger partial charge < -0.3 is 15.4 Å². The number of hydrogen-bond donors (Lipinski definition) is 1. The van der Waals surface area contributed by atoms with Crippen LogP contribution in [0.15, 0.2) is 42.6 Å². The highest BCUT2D eigenvalue weighted by Gasteiger charge is 2.11. The fraction of sp³-hybridized carbons (Fsp3) is 0.312. The molecule has 0 aliphatic rings. The first-order valence-electron chi connectivity index (χ1n) is 6.69. The molecule has 106 valence electrons. The van der Waals surface area contributed by atoms with E-state index in [1.165, 1.54) is 0 Å². The van der Waals surface area contributed by atoms with Crippen molar-refractivity contribution in [3.8, 4) is 5.75 Å². The highest BCUT2D eigenvalue weighted by atomic mass is 16.5. The van der Waals surface area contributed by atoms with Crippen LogP contribution < -0.4 is 15.4 Å². The van der Waals surface area contributed by atoms with Crippen LogP contribution in [0.3, 0.4) is 0 Å². The Labute approximate surface area is 120 Å². The van der Waals surface area contributed by atoms with Gasteiger partial charge in [0.1, 0.15) is 11.6 Å². The second-order valence-corrected chi connectivity index (χ2v) is 4.92. The predicted octanol–water partition coefficient (Wildman–Crippen LogP) is 2.75. The first kappa shape index (κ1) is 14.3. The molecule has 20 heavy (non-hydrogen) atoms. The molecule has 2 aromatic rings. The van der Waals surface area contributed by atoms with Crippen LogP contribution in [0.1, 0.15) is 12.5 Å². The van der Waals surface area contributed by atoms with Gasteiger partial charge in [-0.3, -0.25) is 0 Å². The normalized spacial score (nSPS) is 12.0. The smallest absolute Gasteiger partial charge is 0.135 e. The van der Waals surface area contributed by atoms with Gasteiger partial charge >= 0.3 is 0 Å². The molecule has 0 spiro atoms. The van der Waals surface area contributed by atoms with Crippen LogP contribution >= 0.6 is 0 Å². The minimum absolute atomic E-state index is 0.113. The molecular weight excluding hydrogens is 250 g/mol. The predicted molar refractivity (Wildman–Crippen MR) is 82.6 cm³/mol. The molecule has 1 unspecified atom stereocenters. The second kappa shape index (κ2) is 6.39. The van der Waals surface area contributed by atoms with Gasteiger partial charge in [0.25, 0.3) is 0 Å². The summed E-state index contributed by atoms with van der Waals surface area (Å²) in [6.45, 7) is 2.00. The van der Waals surface area contributed by atoms with E-state index in [4.69, 9.17) is 10.5 Å². The highest BCUT2D eigenvalue weighted by Crippen LogP contribution is 2.27. The molecule has 2 rings (SSSR count). The van der Waals surface area contributed by atoms with Gasteiger partial charge in [0.05, 0.1) is 7.11 Å². The summed E-state index contributed by atoms with van der Waals surface area (Å²) in [4.78, 5) is 6.56. The summed E-state index contributed by atoms with van der Waals surface area (Å²) in [6.07, 6.45) is 2.61. The number of methoxy groups -OCH3 is 1. The van der Waals surface area contributed by atoms with Crippen molar-refractivity contribution in [2.75, 3.05) is 19.1 Å². The third-order valence-corrected chi connectivity index (χ3v) is 3.19. The number of pyridine rings is 1. The first-order valence-corrected chi connectivity index (χ1v) is 6.69. The van der Waals surface area contributed by atoms with E-state index in [1.54, 1.807) is 13.3 Å². The third kappa shape index (κ3) is 3.27. The summed E-state index contributed by atoms with van der Waals surface area (Å²) in [5.74, 6) is 1.79. The van der Waals surface area contributed by atoms with Crippen LogP contribution in [-0.2, 0) is 6.42 Å². The quantitative estimate of drug-likeness (QED) is 0.908. The Kier molecular flexibility index (Phi) is 4.58. The molecule has 0 amide bonds. The van der Waals surface area contributed by atoms with E-state index in [0.717, 1.165) is 29.2 Å². The van der Waals surface area contributed by atoms with Gasteiger partial charge in [0, 0.05) is 25.0 Å². The maximum absolute atomic E-state index is 5.91. The SMILES string of the molecule is COc1ccc(N(C)c2ncccc2CC(C)N)cc1. The molecular formula is C16H21N3O. The topological polar surface area (TPSA) is 51.4 Å². The molecule has 0 aliphatic carbocycles. The van der Waals surface area contributed by atoms with E-state index in [1.807, 2.05) is 44.3 Å². The lowest BCUT2D eigenvalue weighted by Crippen LogP contribution is -2.21. The van der Waals surface area contributed by atoms with Crippen molar-refractivity contribution >= 4 is 11.5 Å². The van der Waals surface area contributed by atoms with Crippen LogP contribution in [0.5, 0.6) is 5.75 Å².